The van der Waals surface area contributed by atoms with Crippen molar-refractivity contribution in [3.63, 3.8) is 0 Å². The first-order chi connectivity index (χ1) is 7.76. The highest BCUT2D eigenvalue weighted by atomic mass is 16.6. The molecule has 4 nitrogen and oxygen atoms in total. The van der Waals surface area contributed by atoms with Gasteiger partial charge in [-0.25, -0.2) is 11.4 Å². The molecule has 4 heteroatoms. The van der Waals surface area contributed by atoms with Gasteiger partial charge in [0.25, 0.3) is 0 Å². The molecule has 0 saturated heterocycles. The summed E-state index contributed by atoms with van der Waals surface area (Å²) in [4.78, 5) is 14.3. The Morgan fingerprint density at radius 1 is 1.38 bits per heavy atom. The molecule has 0 bridgehead atoms. The maximum absolute atomic E-state index is 11.0. The number of hydrogen-bond donors (Lipinski definition) is 0. The predicted octanol–water partition coefficient (Wildman–Crippen LogP) is 2.05. The Bertz CT molecular complexity index is 378. The zero-order valence-corrected chi connectivity index (χ0v) is 9.10. The standard InChI is InChI=1S/C12H13NO3/c1-3-15-12(14)9-16-11-6-4-10(5-7-11)8-13-2/h4-7H,3,8-9H2,1H3. The molecule has 0 aliphatic heterocycles. The average Bonchev–Trinajstić information content (AvgIpc) is 2.29. The highest BCUT2D eigenvalue weighted by Gasteiger charge is 2.03. The van der Waals surface area contributed by atoms with Crippen LogP contribution in [0.25, 0.3) is 4.85 Å². The summed E-state index contributed by atoms with van der Waals surface area (Å²) >= 11 is 0. The van der Waals surface area contributed by atoms with Gasteiger partial charge in [-0.1, -0.05) is 0 Å². The van der Waals surface area contributed by atoms with Crippen LogP contribution in [0.2, 0.25) is 0 Å². The van der Waals surface area contributed by atoms with E-state index in [1.165, 1.54) is 0 Å². The first-order valence-corrected chi connectivity index (χ1v) is 4.97. The van der Waals surface area contributed by atoms with Crippen LogP contribution >= 0.6 is 0 Å². The van der Waals surface area contributed by atoms with Crippen molar-refractivity contribution in [2.45, 2.75) is 13.5 Å². The summed E-state index contributed by atoms with van der Waals surface area (Å²) in [6.45, 7) is 9.08. The van der Waals surface area contributed by atoms with Gasteiger partial charge >= 0.3 is 5.97 Å². The van der Waals surface area contributed by atoms with E-state index in [4.69, 9.17) is 16.0 Å². The summed E-state index contributed by atoms with van der Waals surface area (Å²) in [6.07, 6.45) is 0. The second-order valence-electron chi connectivity index (χ2n) is 3.05. The smallest absolute Gasteiger partial charge is 0.344 e. The van der Waals surface area contributed by atoms with Gasteiger partial charge in [-0.2, -0.15) is 0 Å². The van der Waals surface area contributed by atoms with Crippen molar-refractivity contribution < 1.29 is 14.3 Å². The maximum Gasteiger partial charge on any atom is 0.344 e. The fourth-order valence-corrected chi connectivity index (χ4v) is 1.13. The number of nitrogens with zero attached hydrogens (tertiary/aromatic N) is 1. The number of carbonyl (C=O) groups is 1. The third kappa shape index (κ3) is 4.01. The van der Waals surface area contributed by atoms with E-state index in [9.17, 15) is 4.79 Å². The molecule has 0 fully saturated rings. The first kappa shape index (κ1) is 12.1. The Morgan fingerprint density at radius 3 is 2.62 bits per heavy atom. The second kappa shape index (κ2) is 6.46. The lowest BCUT2D eigenvalue weighted by Crippen LogP contribution is -2.14. The van der Waals surface area contributed by atoms with E-state index in [1.807, 2.05) is 0 Å². The van der Waals surface area contributed by atoms with Crippen LogP contribution in [0.3, 0.4) is 0 Å². The minimum atomic E-state index is -0.382. The van der Waals surface area contributed by atoms with Crippen molar-refractivity contribution in [1.82, 2.24) is 0 Å². The largest absolute Gasteiger partial charge is 0.482 e. The molecule has 0 unspecified atom stereocenters. The zero-order chi connectivity index (χ0) is 11.8. The number of carbonyl (C=O) groups excluding carboxylic acids is 1. The monoisotopic (exact) mass is 219 g/mol. The fraction of sp³-hybridized carbons (Fsp3) is 0.333. The van der Waals surface area contributed by atoms with Crippen molar-refractivity contribution in [3.8, 4) is 5.75 Å². The second-order valence-corrected chi connectivity index (χ2v) is 3.05. The van der Waals surface area contributed by atoms with E-state index < -0.39 is 0 Å². The van der Waals surface area contributed by atoms with Gasteiger partial charge < -0.3 is 14.3 Å². The molecule has 0 aliphatic carbocycles. The van der Waals surface area contributed by atoms with E-state index in [1.54, 1.807) is 31.2 Å². The molecule has 0 radical (unpaired) electrons. The van der Waals surface area contributed by atoms with Crippen LogP contribution in [0.4, 0.5) is 0 Å². The summed E-state index contributed by atoms with van der Waals surface area (Å²) in [6, 6.07) is 7.08. The van der Waals surface area contributed by atoms with Crippen LogP contribution in [0.1, 0.15) is 12.5 Å². The Morgan fingerprint density at radius 2 is 2.06 bits per heavy atom. The number of hydrogen-bond acceptors (Lipinski definition) is 3. The first-order valence-electron chi connectivity index (χ1n) is 4.97. The van der Waals surface area contributed by atoms with Gasteiger partial charge in [-0.3, -0.25) is 0 Å². The number of ether oxygens (including phenoxy) is 2. The lowest BCUT2D eigenvalue weighted by molar-refractivity contribution is -0.145. The van der Waals surface area contributed by atoms with Gasteiger partial charge in [-0.05, 0) is 31.2 Å². The van der Waals surface area contributed by atoms with E-state index >= 15 is 0 Å². The number of esters is 1. The van der Waals surface area contributed by atoms with Gasteiger partial charge in [0.15, 0.2) is 6.61 Å². The minimum absolute atomic E-state index is 0.0873. The summed E-state index contributed by atoms with van der Waals surface area (Å²) in [5.41, 5.74) is 0.929. The zero-order valence-electron chi connectivity index (χ0n) is 9.10. The van der Waals surface area contributed by atoms with Crippen LogP contribution in [0.5, 0.6) is 5.75 Å². The normalized spacial score (nSPS) is 9.25. The Balaban J connectivity index is 2.43. The van der Waals surface area contributed by atoms with Crippen LogP contribution < -0.4 is 4.74 Å². The van der Waals surface area contributed by atoms with Crippen molar-refractivity contribution in [1.29, 1.82) is 0 Å². The van der Waals surface area contributed by atoms with Gasteiger partial charge in [-0.15, -0.1) is 0 Å². The van der Waals surface area contributed by atoms with E-state index in [-0.39, 0.29) is 12.6 Å². The molecule has 0 heterocycles. The Hall–Kier alpha value is -2.02. The van der Waals surface area contributed by atoms with E-state index in [2.05, 4.69) is 4.85 Å². The molecule has 1 rings (SSSR count). The molecule has 0 spiro atoms. The minimum Gasteiger partial charge on any atom is -0.482 e. The highest BCUT2D eigenvalue weighted by Crippen LogP contribution is 2.12. The molecule has 0 saturated carbocycles. The van der Waals surface area contributed by atoms with Crippen molar-refractivity contribution >= 4 is 5.97 Å². The quantitative estimate of drug-likeness (QED) is 0.562. The molecule has 0 amide bonds. The van der Waals surface area contributed by atoms with Crippen LogP contribution in [0.15, 0.2) is 24.3 Å². The van der Waals surface area contributed by atoms with Gasteiger partial charge in [0.1, 0.15) is 5.75 Å². The van der Waals surface area contributed by atoms with Gasteiger partial charge in [0.2, 0.25) is 6.54 Å². The van der Waals surface area contributed by atoms with Gasteiger partial charge in [0, 0.05) is 5.56 Å². The van der Waals surface area contributed by atoms with Crippen molar-refractivity contribution in [3.05, 3.63) is 41.2 Å². The Kier molecular flexibility index (Phi) is 4.87. The summed E-state index contributed by atoms with van der Waals surface area (Å²) in [5, 5.41) is 0. The lowest BCUT2D eigenvalue weighted by atomic mass is 10.2. The molecule has 0 atom stereocenters. The topological polar surface area (TPSA) is 39.9 Å². The SMILES string of the molecule is [C-]#[N+]Cc1ccc(OCC(=O)OCC)cc1. The number of rotatable bonds is 5. The van der Waals surface area contributed by atoms with Crippen LogP contribution in [0, 0.1) is 6.57 Å². The number of benzene rings is 1. The predicted molar refractivity (Wildman–Crippen MR) is 58.9 cm³/mol. The molecule has 16 heavy (non-hydrogen) atoms. The highest BCUT2D eigenvalue weighted by molar-refractivity contribution is 5.71. The molecule has 1 aromatic carbocycles. The molecular weight excluding hydrogens is 206 g/mol. The summed E-state index contributed by atoms with van der Waals surface area (Å²) in [7, 11) is 0. The Labute approximate surface area is 94.6 Å². The molecule has 1 aromatic rings. The van der Waals surface area contributed by atoms with Crippen LogP contribution in [-0.2, 0) is 16.1 Å². The maximum atomic E-state index is 11.0. The van der Waals surface area contributed by atoms with Gasteiger partial charge in [0.05, 0.1) is 6.61 Å². The molecular formula is C12H13NO3. The summed E-state index contributed by atoms with van der Waals surface area (Å²) < 4.78 is 9.92. The van der Waals surface area contributed by atoms with Crippen molar-refractivity contribution in [2.24, 2.45) is 0 Å². The van der Waals surface area contributed by atoms with Crippen molar-refractivity contribution in [2.75, 3.05) is 13.2 Å². The molecule has 0 aromatic heterocycles. The third-order valence-electron chi connectivity index (χ3n) is 1.85. The average molecular weight is 219 g/mol. The van der Waals surface area contributed by atoms with Crippen LogP contribution in [-0.4, -0.2) is 19.2 Å². The molecule has 84 valence electrons. The van der Waals surface area contributed by atoms with E-state index in [0.29, 0.717) is 18.9 Å². The fourth-order valence-electron chi connectivity index (χ4n) is 1.13. The lowest BCUT2D eigenvalue weighted by Gasteiger charge is -2.05. The van der Waals surface area contributed by atoms with E-state index in [0.717, 1.165) is 5.56 Å². The molecule has 0 N–H and O–H groups in total. The summed E-state index contributed by atoms with van der Waals surface area (Å²) in [5.74, 6) is 0.217. The molecule has 0 aliphatic rings. The third-order valence-corrected chi connectivity index (χ3v) is 1.85.